The van der Waals surface area contributed by atoms with Crippen molar-refractivity contribution in [1.29, 1.82) is 0 Å². The molecule has 0 amide bonds. The summed E-state index contributed by atoms with van der Waals surface area (Å²) >= 11 is 0. The van der Waals surface area contributed by atoms with E-state index in [2.05, 4.69) is 24.8 Å². The summed E-state index contributed by atoms with van der Waals surface area (Å²) < 4.78 is 60.2. The quantitative estimate of drug-likeness (QED) is 0.345. The summed E-state index contributed by atoms with van der Waals surface area (Å²) in [6, 6.07) is 6.31. The van der Waals surface area contributed by atoms with Gasteiger partial charge >= 0.3 is 12.3 Å². The normalized spacial score (nSPS) is 22.7. The first-order valence-corrected chi connectivity index (χ1v) is 12.9. The van der Waals surface area contributed by atoms with Crippen LogP contribution in [-0.4, -0.2) is 52.8 Å². The molecule has 1 saturated carbocycles. The zero-order valence-electron chi connectivity index (χ0n) is 21.2. The Morgan fingerprint density at radius 2 is 1.77 bits per heavy atom. The predicted octanol–water partition coefficient (Wildman–Crippen LogP) is 5.41. The minimum absolute atomic E-state index is 0.0513. The van der Waals surface area contributed by atoms with E-state index >= 15 is 0 Å². The molecule has 3 aliphatic rings. The summed E-state index contributed by atoms with van der Waals surface area (Å²) in [7, 11) is 1.31. The summed E-state index contributed by atoms with van der Waals surface area (Å²) in [4.78, 5) is 22.7. The first-order valence-electron chi connectivity index (χ1n) is 12.9. The van der Waals surface area contributed by atoms with Crippen molar-refractivity contribution >= 4 is 11.9 Å². The SMILES string of the molecule is COC(=O)c1cnc(N2[C@@H]3CC[C@H]2CC(OCc2c(-c4ccccc4OC(F)(F)F)noc2C2CC2)C3)nc1. The number of halogens is 3. The van der Waals surface area contributed by atoms with Crippen molar-refractivity contribution in [3.63, 3.8) is 0 Å². The van der Waals surface area contributed by atoms with Crippen molar-refractivity contribution in [2.24, 2.45) is 0 Å². The summed E-state index contributed by atoms with van der Waals surface area (Å²) in [6.07, 6.45) is 3.42. The molecular formula is C27H27F3N4O5. The second kappa shape index (κ2) is 10.1. The Bertz CT molecular complexity index is 1330. The number of alkyl halides is 3. The van der Waals surface area contributed by atoms with Crippen LogP contribution in [0.15, 0.2) is 41.2 Å². The first-order chi connectivity index (χ1) is 18.8. The maximum atomic E-state index is 13.1. The largest absolute Gasteiger partial charge is 0.573 e. The number of para-hydroxylation sites is 1. The second-order valence-electron chi connectivity index (χ2n) is 10.2. The van der Waals surface area contributed by atoms with E-state index < -0.39 is 12.3 Å². The van der Waals surface area contributed by atoms with Crippen LogP contribution in [0.25, 0.3) is 11.3 Å². The van der Waals surface area contributed by atoms with Crippen molar-refractivity contribution in [1.82, 2.24) is 15.1 Å². The molecule has 0 spiro atoms. The van der Waals surface area contributed by atoms with Crippen molar-refractivity contribution in [3.05, 3.63) is 53.5 Å². The van der Waals surface area contributed by atoms with Crippen LogP contribution in [0.5, 0.6) is 5.75 Å². The van der Waals surface area contributed by atoms with Gasteiger partial charge in [0.15, 0.2) is 0 Å². The highest BCUT2D eigenvalue weighted by atomic mass is 19.4. The van der Waals surface area contributed by atoms with Crippen LogP contribution in [0.1, 0.15) is 66.1 Å². The maximum Gasteiger partial charge on any atom is 0.573 e. The van der Waals surface area contributed by atoms with Gasteiger partial charge in [-0.25, -0.2) is 14.8 Å². The van der Waals surface area contributed by atoms with E-state index in [9.17, 15) is 18.0 Å². The Balaban J connectivity index is 1.18. The van der Waals surface area contributed by atoms with Crippen molar-refractivity contribution < 1.29 is 36.7 Å². The number of nitrogens with zero attached hydrogens (tertiary/aromatic N) is 4. The van der Waals surface area contributed by atoms with Gasteiger partial charge in [-0.05, 0) is 50.7 Å². The molecule has 1 aromatic carbocycles. The minimum atomic E-state index is -4.83. The average Bonchev–Trinajstić information content (AvgIpc) is 3.62. The summed E-state index contributed by atoms with van der Waals surface area (Å²) in [5.41, 5.74) is 1.50. The number of methoxy groups -OCH3 is 1. The van der Waals surface area contributed by atoms with Gasteiger partial charge in [-0.3, -0.25) is 0 Å². The monoisotopic (exact) mass is 544 g/mol. The molecule has 4 heterocycles. The molecule has 0 radical (unpaired) electrons. The zero-order valence-corrected chi connectivity index (χ0v) is 21.2. The lowest BCUT2D eigenvalue weighted by molar-refractivity contribution is -0.274. The van der Waals surface area contributed by atoms with Gasteiger partial charge in [0.25, 0.3) is 0 Å². The molecule has 2 bridgehead atoms. The summed E-state index contributed by atoms with van der Waals surface area (Å²) in [6.45, 7) is 0.180. The number of aromatic nitrogens is 3. The lowest BCUT2D eigenvalue weighted by Crippen LogP contribution is -2.46. The lowest BCUT2D eigenvalue weighted by atomic mass is 9.99. The van der Waals surface area contributed by atoms with Crippen LogP contribution in [0.3, 0.4) is 0 Å². The van der Waals surface area contributed by atoms with Gasteiger partial charge in [0.05, 0.1) is 25.4 Å². The molecule has 6 rings (SSSR count). The molecule has 206 valence electrons. The molecule has 2 aliphatic heterocycles. The van der Waals surface area contributed by atoms with Crippen LogP contribution in [0.4, 0.5) is 19.1 Å². The number of carbonyl (C=O) groups is 1. The number of hydrogen-bond donors (Lipinski definition) is 0. The zero-order chi connectivity index (χ0) is 27.1. The van der Waals surface area contributed by atoms with E-state index in [-0.39, 0.29) is 42.0 Å². The van der Waals surface area contributed by atoms with Gasteiger partial charge in [0.1, 0.15) is 17.2 Å². The summed E-state index contributed by atoms with van der Waals surface area (Å²) in [5, 5.41) is 4.16. The second-order valence-corrected chi connectivity index (χ2v) is 10.2. The first kappa shape index (κ1) is 25.6. The van der Waals surface area contributed by atoms with Crippen LogP contribution >= 0.6 is 0 Å². The topological polar surface area (TPSA) is 99.8 Å². The van der Waals surface area contributed by atoms with Crippen molar-refractivity contribution in [3.8, 4) is 17.0 Å². The van der Waals surface area contributed by atoms with Gasteiger partial charge in [0, 0.05) is 41.5 Å². The number of esters is 1. The van der Waals surface area contributed by atoms with E-state index in [1.807, 2.05) is 0 Å². The minimum Gasteiger partial charge on any atom is -0.465 e. The molecule has 9 nitrogen and oxygen atoms in total. The molecule has 1 aliphatic carbocycles. The Kier molecular flexibility index (Phi) is 6.66. The third-order valence-electron chi connectivity index (χ3n) is 7.58. The van der Waals surface area contributed by atoms with Gasteiger partial charge in [-0.2, -0.15) is 0 Å². The third kappa shape index (κ3) is 5.29. The van der Waals surface area contributed by atoms with Crippen LogP contribution < -0.4 is 9.64 Å². The molecule has 0 N–H and O–H groups in total. The van der Waals surface area contributed by atoms with Crippen LogP contribution in [0, 0.1) is 0 Å². The van der Waals surface area contributed by atoms with Gasteiger partial charge < -0.3 is 23.6 Å². The molecule has 2 aromatic heterocycles. The molecule has 3 fully saturated rings. The number of anilines is 1. The fourth-order valence-corrected chi connectivity index (χ4v) is 5.68. The number of hydrogen-bond acceptors (Lipinski definition) is 9. The molecule has 12 heteroatoms. The van der Waals surface area contributed by atoms with Crippen LogP contribution in [-0.2, 0) is 16.1 Å². The Hall–Kier alpha value is -3.67. The smallest absolute Gasteiger partial charge is 0.465 e. The lowest BCUT2D eigenvalue weighted by Gasteiger charge is -2.38. The highest BCUT2D eigenvalue weighted by Crippen LogP contribution is 2.46. The number of benzene rings is 1. The molecule has 2 saturated heterocycles. The summed E-state index contributed by atoms with van der Waals surface area (Å²) in [5.74, 6) is 0.636. The van der Waals surface area contributed by atoms with E-state index in [1.54, 1.807) is 12.1 Å². The molecular weight excluding hydrogens is 517 g/mol. The van der Waals surface area contributed by atoms with Crippen molar-refractivity contribution in [2.75, 3.05) is 12.0 Å². The van der Waals surface area contributed by atoms with Gasteiger partial charge in [0.2, 0.25) is 5.95 Å². The Labute approximate surface area is 222 Å². The average molecular weight is 545 g/mol. The maximum absolute atomic E-state index is 13.1. The van der Waals surface area contributed by atoms with E-state index in [0.717, 1.165) is 38.5 Å². The van der Waals surface area contributed by atoms with E-state index in [0.29, 0.717) is 28.5 Å². The number of carbonyl (C=O) groups excluding carboxylic acids is 1. The Morgan fingerprint density at radius 3 is 2.41 bits per heavy atom. The van der Waals surface area contributed by atoms with E-state index in [4.69, 9.17) is 14.0 Å². The van der Waals surface area contributed by atoms with Gasteiger partial charge in [-0.15, -0.1) is 13.2 Å². The van der Waals surface area contributed by atoms with Crippen molar-refractivity contribution in [2.45, 2.75) is 75.6 Å². The number of fused-ring (bicyclic) bond motifs is 2. The predicted molar refractivity (Wildman–Crippen MR) is 131 cm³/mol. The number of rotatable bonds is 8. The molecule has 39 heavy (non-hydrogen) atoms. The van der Waals surface area contributed by atoms with Gasteiger partial charge in [-0.1, -0.05) is 17.3 Å². The highest BCUT2D eigenvalue weighted by Gasteiger charge is 2.43. The third-order valence-corrected chi connectivity index (χ3v) is 7.58. The molecule has 3 atom stereocenters. The standard InChI is InChI=1S/C27H27F3N4O5/c1-36-25(35)16-12-31-26(32-13-16)34-17-8-9-18(34)11-19(10-17)37-14-21-23(33-39-24(21)15-6-7-15)20-4-2-3-5-22(20)38-27(28,29)30/h2-5,12-13,15,17-19H,6-11,14H2,1H3/t17-,18+,19?. The van der Waals surface area contributed by atoms with E-state index in [1.165, 1.54) is 31.6 Å². The highest BCUT2D eigenvalue weighted by molar-refractivity contribution is 5.88. The fraction of sp³-hybridized carbons (Fsp3) is 0.481. The fourth-order valence-electron chi connectivity index (χ4n) is 5.68. The number of ether oxygens (including phenoxy) is 3. The molecule has 3 aromatic rings. The van der Waals surface area contributed by atoms with Crippen LogP contribution in [0.2, 0.25) is 0 Å². The number of piperidine rings is 1. The molecule has 1 unspecified atom stereocenters. The Morgan fingerprint density at radius 1 is 1.08 bits per heavy atom.